The van der Waals surface area contributed by atoms with Gasteiger partial charge in [0.2, 0.25) is 0 Å². The van der Waals surface area contributed by atoms with E-state index in [-0.39, 0.29) is 13.2 Å². The molecule has 1 saturated heterocycles. The molecule has 2 aromatic rings. The van der Waals surface area contributed by atoms with Crippen LogP contribution in [0, 0.1) is 0 Å². The van der Waals surface area contributed by atoms with Crippen molar-refractivity contribution in [3.63, 3.8) is 0 Å². The van der Waals surface area contributed by atoms with Gasteiger partial charge in [-0.05, 0) is 17.9 Å². The monoisotopic (exact) mass is 243 g/mol. The van der Waals surface area contributed by atoms with E-state index in [1.165, 1.54) is 10.3 Å². The number of thiophene rings is 1. The lowest BCUT2D eigenvalue weighted by atomic mass is 9.82. The SMILES string of the molecule is C[C@@H]1NB(c2cccs2)O[C@@H]1c1ccccc1. The number of hydrogen-bond donors (Lipinski definition) is 1. The van der Waals surface area contributed by atoms with Crippen molar-refractivity contribution in [2.75, 3.05) is 0 Å². The molecule has 1 aliphatic rings. The average molecular weight is 243 g/mol. The topological polar surface area (TPSA) is 21.3 Å². The van der Waals surface area contributed by atoms with Gasteiger partial charge < -0.3 is 9.88 Å². The van der Waals surface area contributed by atoms with E-state index in [9.17, 15) is 0 Å². The molecule has 0 amide bonds. The summed E-state index contributed by atoms with van der Waals surface area (Å²) < 4.78 is 7.35. The number of benzene rings is 1. The minimum Gasteiger partial charge on any atom is -0.409 e. The first kappa shape index (κ1) is 11.0. The first-order valence-electron chi connectivity index (χ1n) is 5.84. The molecule has 1 aromatic carbocycles. The van der Waals surface area contributed by atoms with E-state index in [0.29, 0.717) is 6.04 Å². The fourth-order valence-electron chi connectivity index (χ4n) is 2.23. The second-order valence-electron chi connectivity index (χ2n) is 4.32. The van der Waals surface area contributed by atoms with Crippen molar-refractivity contribution < 1.29 is 4.65 Å². The smallest absolute Gasteiger partial charge is 0.409 e. The van der Waals surface area contributed by atoms with E-state index in [0.717, 1.165) is 0 Å². The van der Waals surface area contributed by atoms with Crippen molar-refractivity contribution in [1.29, 1.82) is 0 Å². The Morgan fingerprint density at radius 1 is 1.18 bits per heavy atom. The summed E-state index contributed by atoms with van der Waals surface area (Å²) in [5.74, 6) is 0. The Bertz CT molecular complexity index is 473. The number of nitrogens with one attached hydrogen (secondary N) is 1. The second kappa shape index (κ2) is 4.65. The van der Waals surface area contributed by atoms with E-state index < -0.39 is 0 Å². The summed E-state index contributed by atoms with van der Waals surface area (Å²) in [7, 11) is 0.0372. The van der Waals surface area contributed by atoms with Crippen LogP contribution < -0.4 is 10.0 Å². The molecule has 4 heteroatoms. The second-order valence-corrected chi connectivity index (χ2v) is 5.30. The maximum atomic E-state index is 6.10. The van der Waals surface area contributed by atoms with Gasteiger partial charge in [0.15, 0.2) is 0 Å². The summed E-state index contributed by atoms with van der Waals surface area (Å²) in [6.07, 6.45) is 0.142. The maximum Gasteiger partial charge on any atom is 0.427 e. The van der Waals surface area contributed by atoms with Gasteiger partial charge >= 0.3 is 7.05 Å². The molecule has 0 unspecified atom stereocenters. The van der Waals surface area contributed by atoms with Crippen molar-refractivity contribution in [3.8, 4) is 0 Å². The van der Waals surface area contributed by atoms with E-state index >= 15 is 0 Å². The van der Waals surface area contributed by atoms with Gasteiger partial charge in [-0.2, -0.15) is 11.3 Å². The van der Waals surface area contributed by atoms with Gasteiger partial charge in [-0.15, -0.1) is 0 Å². The fourth-order valence-corrected chi connectivity index (χ4v) is 2.95. The molecule has 2 atom stereocenters. The van der Waals surface area contributed by atoms with Crippen LogP contribution in [0.15, 0.2) is 47.8 Å². The summed E-state index contributed by atoms with van der Waals surface area (Å²) >= 11 is 1.73. The highest BCUT2D eigenvalue weighted by Crippen LogP contribution is 2.26. The van der Waals surface area contributed by atoms with Gasteiger partial charge in [0.1, 0.15) is 0 Å². The first-order chi connectivity index (χ1) is 8.34. The summed E-state index contributed by atoms with van der Waals surface area (Å²) in [5.41, 5.74) is 1.24. The van der Waals surface area contributed by atoms with Crippen LogP contribution in [0.4, 0.5) is 0 Å². The van der Waals surface area contributed by atoms with E-state index in [1.54, 1.807) is 11.3 Å². The van der Waals surface area contributed by atoms with Gasteiger partial charge in [0.05, 0.1) is 6.10 Å². The molecule has 0 spiro atoms. The Balaban J connectivity index is 1.81. The lowest BCUT2D eigenvalue weighted by molar-refractivity contribution is 0.224. The molecule has 0 bridgehead atoms. The van der Waals surface area contributed by atoms with E-state index in [4.69, 9.17) is 4.65 Å². The molecule has 86 valence electrons. The lowest BCUT2D eigenvalue weighted by Crippen LogP contribution is -2.41. The molecule has 0 radical (unpaired) electrons. The molecule has 0 saturated carbocycles. The van der Waals surface area contributed by atoms with Crippen LogP contribution in [0.25, 0.3) is 0 Å². The molecule has 1 aromatic heterocycles. The molecule has 17 heavy (non-hydrogen) atoms. The highest BCUT2D eigenvalue weighted by molar-refractivity contribution is 7.21. The zero-order chi connectivity index (χ0) is 11.7. The summed E-state index contributed by atoms with van der Waals surface area (Å²) in [6, 6.07) is 14.9. The number of hydrogen-bond acceptors (Lipinski definition) is 3. The third-order valence-corrected chi connectivity index (χ3v) is 4.00. The first-order valence-corrected chi connectivity index (χ1v) is 6.72. The van der Waals surface area contributed by atoms with Crippen molar-refractivity contribution in [2.24, 2.45) is 0 Å². The Morgan fingerprint density at radius 3 is 2.71 bits per heavy atom. The van der Waals surface area contributed by atoms with Gasteiger partial charge in [0, 0.05) is 10.8 Å². The Hall–Kier alpha value is -1.10. The van der Waals surface area contributed by atoms with Crippen LogP contribution in [0.3, 0.4) is 0 Å². The van der Waals surface area contributed by atoms with Gasteiger partial charge in [-0.25, -0.2) is 0 Å². The predicted molar refractivity (Wildman–Crippen MR) is 72.6 cm³/mol. The van der Waals surface area contributed by atoms with Crippen LogP contribution >= 0.6 is 11.3 Å². The summed E-state index contributed by atoms with van der Waals surface area (Å²) in [5, 5.41) is 5.58. The van der Waals surface area contributed by atoms with Crippen LogP contribution in [-0.4, -0.2) is 13.1 Å². The van der Waals surface area contributed by atoms with Crippen molar-refractivity contribution in [3.05, 3.63) is 53.4 Å². The van der Waals surface area contributed by atoms with Crippen molar-refractivity contribution in [1.82, 2.24) is 5.23 Å². The Labute approximate surface area is 106 Å². The normalized spacial score (nSPS) is 24.2. The van der Waals surface area contributed by atoms with Crippen LogP contribution in [-0.2, 0) is 4.65 Å². The third-order valence-electron chi connectivity index (χ3n) is 3.08. The van der Waals surface area contributed by atoms with Gasteiger partial charge in [-0.1, -0.05) is 42.5 Å². The third kappa shape index (κ3) is 2.16. The molecule has 1 fully saturated rings. The molecule has 1 N–H and O–H groups in total. The van der Waals surface area contributed by atoms with Gasteiger partial charge in [-0.3, -0.25) is 0 Å². The molecule has 0 aliphatic carbocycles. The maximum absolute atomic E-state index is 6.10. The van der Waals surface area contributed by atoms with Gasteiger partial charge in [0.25, 0.3) is 0 Å². The molecule has 1 aliphatic heterocycles. The zero-order valence-electron chi connectivity index (χ0n) is 9.67. The summed E-state index contributed by atoms with van der Waals surface area (Å²) in [4.78, 5) is 0. The minimum atomic E-state index is 0.0372. The summed E-state index contributed by atoms with van der Waals surface area (Å²) in [6.45, 7) is 2.17. The Morgan fingerprint density at radius 2 is 2.00 bits per heavy atom. The molecule has 2 nitrogen and oxygen atoms in total. The molecular formula is C13H14BNOS. The van der Waals surface area contributed by atoms with Crippen LogP contribution in [0.5, 0.6) is 0 Å². The standard InChI is InChI=1S/C13H14BNOS/c1-10-13(11-6-3-2-4-7-11)16-14(15-10)12-8-5-9-17-12/h2-10,13,15H,1H3/t10-,13-/m0/s1. The van der Waals surface area contributed by atoms with E-state index in [1.807, 2.05) is 6.07 Å². The molecule has 2 heterocycles. The molecular weight excluding hydrogens is 229 g/mol. The van der Waals surface area contributed by atoms with Crippen LogP contribution in [0.2, 0.25) is 0 Å². The number of rotatable bonds is 2. The minimum absolute atomic E-state index is 0.0372. The van der Waals surface area contributed by atoms with Crippen molar-refractivity contribution in [2.45, 2.75) is 19.1 Å². The van der Waals surface area contributed by atoms with E-state index in [2.05, 4.69) is 53.9 Å². The average Bonchev–Trinajstić information content (AvgIpc) is 2.99. The fraction of sp³-hybridized carbons (Fsp3) is 0.231. The lowest BCUT2D eigenvalue weighted by Gasteiger charge is -2.15. The van der Waals surface area contributed by atoms with Crippen molar-refractivity contribution >= 4 is 23.2 Å². The molecule has 3 rings (SSSR count). The van der Waals surface area contributed by atoms with Crippen LogP contribution in [0.1, 0.15) is 18.6 Å². The Kier molecular flexibility index (Phi) is 3.01. The highest BCUT2D eigenvalue weighted by Gasteiger charge is 2.37. The predicted octanol–water partition coefficient (Wildman–Crippen LogP) is 2.19. The largest absolute Gasteiger partial charge is 0.427 e. The quantitative estimate of drug-likeness (QED) is 0.816. The zero-order valence-corrected chi connectivity index (χ0v) is 10.5. The highest BCUT2D eigenvalue weighted by atomic mass is 32.1.